The fourth-order valence-electron chi connectivity index (χ4n) is 1.34. The zero-order valence-electron chi connectivity index (χ0n) is 11.9. The van der Waals surface area contributed by atoms with Gasteiger partial charge in [-0.2, -0.15) is 0 Å². The van der Waals surface area contributed by atoms with Crippen molar-refractivity contribution in [2.45, 2.75) is 4.90 Å². The Morgan fingerprint density at radius 2 is 2.00 bits per heavy atom. The van der Waals surface area contributed by atoms with E-state index in [1.165, 1.54) is 31.0 Å². The van der Waals surface area contributed by atoms with Gasteiger partial charge in [-0.25, -0.2) is 0 Å². The average molecular weight is 328 g/mol. The molecule has 0 radical (unpaired) electrons. The molecule has 1 amide bonds. The molecule has 1 aromatic carbocycles. The third kappa shape index (κ3) is 7.04. The number of nitro groups is 1. The molecule has 0 aliphatic carbocycles. The number of carbonyl (C=O) groups is 2. The van der Waals surface area contributed by atoms with E-state index in [1.807, 2.05) is 0 Å². The number of rotatable bonds is 9. The number of ether oxygens (including phenoxy) is 2. The topological polar surface area (TPSA) is 108 Å². The SMILES string of the molecule is COCCNC(=O)COC(=O)CSc1ccc([N+](=O)[O-])cc1. The molecule has 0 aromatic heterocycles. The maximum Gasteiger partial charge on any atom is 0.316 e. The van der Waals surface area contributed by atoms with E-state index in [9.17, 15) is 19.7 Å². The van der Waals surface area contributed by atoms with Gasteiger partial charge < -0.3 is 14.8 Å². The third-order valence-corrected chi connectivity index (χ3v) is 3.38. The summed E-state index contributed by atoms with van der Waals surface area (Å²) in [5, 5.41) is 13.0. The van der Waals surface area contributed by atoms with Gasteiger partial charge in [-0.1, -0.05) is 0 Å². The van der Waals surface area contributed by atoms with Crippen molar-refractivity contribution in [1.82, 2.24) is 5.32 Å². The fraction of sp³-hybridized carbons (Fsp3) is 0.385. The lowest BCUT2D eigenvalue weighted by Crippen LogP contribution is -2.31. The summed E-state index contributed by atoms with van der Waals surface area (Å²) in [6.07, 6.45) is 0. The predicted molar refractivity (Wildman–Crippen MR) is 79.7 cm³/mol. The summed E-state index contributed by atoms with van der Waals surface area (Å²) in [5.74, 6) is -0.917. The zero-order valence-corrected chi connectivity index (χ0v) is 12.8. The number of nitrogens with zero attached hydrogens (tertiary/aromatic N) is 1. The molecule has 0 heterocycles. The van der Waals surface area contributed by atoms with Gasteiger partial charge in [-0.05, 0) is 12.1 Å². The number of thioether (sulfide) groups is 1. The summed E-state index contributed by atoms with van der Waals surface area (Å²) in [5.41, 5.74) is -0.0142. The van der Waals surface area contributed by atoms with Crippen molar-refractivity contribution in [1.29, 1.82) is 0 Å². The van der Waals surface area contributed by atoms with E-state index in [0.29, 0.717) is 18.0 Å². The standard InChI is InChI=1S/C13H16N2O6S/c1-20-7-6-14-12(16)8-21-13(17)9-22-11-4-2-10(3-5-11)15(18)19/h2-5H,6-9H2,1H3,(H,14,16). The van der Waals surface area contributed by atoms with Crippen molar-refractivity contribution in [2.75, 3.05) is 32.6 Å². The normalized spacial score (nSPS) is 10.0. The first kappa shape index (κ1) is 17.9. The van der Waals surface area contributed by atoms with E-state index in [4.69, 9.17) is 9.47 Å². The molecule has 22 heavy (non-hydrogen) atoms. The molecule has 120 valence electrons. The van der Waals surface area contributed by atoms with Crippen LogP contribution in [0.25, 0.3) is 0 Å². The number of hydrogen-bond acceptors (Lipinski definition) is 7. The Labute approximate surface area is 131 Å². The highest BCUT2D eigenvalue weighted by Crippen LogP contribution is 2.21. The van der Waals surface area contributed by atoms with Crippen LogP contribution in [0.3, 0.4) is 0 Å². The van der Waals surface area contributed by atoms with Crippen molar-refractivity contribution >= 4 is 29.3 Å². The molecule has 0 unspecified atom stereocenters. The van der Waals surface area contributed by atoms with Crippen LogP contribution in [0.5, 0.6) is 0 Å². The molecule has 9 heteroatoms. The number of hydrogen-bond donors (Lipinski definition) is 1. The third-order valence-electron chi connectivity index (χ3n) is 2.40. The second kappa shape index (κ2) is 9.74. The molecule has 0 atom stereocenters. The molecule has 1 N–H and O–H groups in total. The first-order valence-electron chi connectivity index (χ1n) is 6.31. The van der Waals surface area contributed by atoms with Crippen LogP contribution in [0, 0.1) is 10.1 Å². The van der Waals surface area contributed by atoms with Gasteiger partial charge in [-0.3, -0.25) is 19.7 Å². The smallest absolute Gasteiger partial charge is 0.316 e. The maximum atomic E-state index is 11.5. The lowest BCUT2D eigenvalue weighted by Gasteiger charge is -2.06. The number of nitrogens with one attached hydrogen (secondary N) is 1. The molecule has 0 spiro atoms. The van der Waals surface area contributed by atoms with Gasteiger partial charge in [0.2, 0.25) is 0 Å². The molecule has 0 saturated carbocycles. The highest BCUT2D eigenvalue weighted by Gasteiger charge is 2.09. The van der Waals surface area contributed by atoms with E-state index < -0.39 is 16.8 Å². The van der Waals surface area contributed by atoms with Gasteiger partial charge in [0.15, 0.2) is 6.61 Å². The van der Waals surface area contributed by atoms with Gasteiger partial charge in [-0.15, -0.1) is 11.8 Å². The van der Waals surface area contributed by atoms with Crippen molar-refractivity contribution in [2.24, 2.45) is 0 Å². The number of benzene rings is 1. The number of methoxy groups -OCH3 is 1. The second-order valence-corrected chi connectivity index (χ2v) is 5.09. The van der Waals surface area contributed by atoms with Crippen LogP contribution in [-0.4, -0.2) is 49.4 Å². The Morgan fingerprint density at radius 3 is 2.59 bits per heavy atom. The molecule has 0 fully saturated rings. The summed E-state index contributed by atoms with van der Waals surface area (Å²) in [6, 6.07) is 5.81. The van der Waals surface area contributed by atoms with E-state index in [-0.39, 0.29) is 18.0 Å². The summed E-state index contributed by atoms with van der Waals surface area (Å²) in [4.78, 5) is 33.5. The van der Waals surface area contributed by atoms with Gasteiger partial charge in [0.25, 0.3) is 11.6 Å². The lowest BCUT2D eigenvalue weighted by atomic mass is 10.3. The van der Waals surface area contributed by atoms with Crippen molar-refractivity contribution in [3.05, 3.63) is 34.4 Å². The Hall–Kier alpha value is -2.13. The fourth-order valence-corrected chi connectivity index (χ4v) is 2.03. The molecule has 1 rings (SSSR count). The quantitative estimate of drug-likeness (QED) is 0.237. The van der Waals surface area contributed by atoms with E-state index >= 15 is 0 Å². The predicted octanol–water partition coefficient (Wildman–Crippen LogP) is 0.993. The lowest BCUT2D eigenvalue weighted by molar-refractivity contribution is -0.384. The summed E-state index contributed by atoms with van der Waals surface area (Å²) in [6.45, 7) is 0.392. The van der Waals surface area contributed by atoms with Crippen LogP contribution >= 0.6 is 11.8 Å². The van der Waals surface area contributed by atoms with Gasteiger partial charge in [0, 0.05) is 30.7 Å². The Kier molecular flexibility index (Phi) is 7.94. The van der Waals surface area contributed by atoms with E-state index in [2.05, 4.69) is 5.32 Å². The molecule has 8 nitrogen and oxygen atoms in total. The summed E-state index contributed by atoms with van der Waals surface area (Å²) >= 11 is 1.17. The maximum absolute atomic E-state index is 11.5. The number of esters is 1. The van der Waals surface area contributed by atoms with Gasteiger partial charge >= 0.3 is 5.97 Å². The first-order valence-corrected chi connectivity index (χ1v) is 7.30. The average Bonchev–Trinajstić information content (AvgIpc) is 2.51. The first-order chi connectivity index (χ1) is 10.5. The monoisotopic (exact) mass is 328 g/mol. The number of amides is 1. The highest BCUT2D eigenvalue weighted by atomic mass is 32.2. The minimum atomic E-state index is -0.537. The van der Waals surface area contributed by atoms with Gasteiger partial charge in [0.1, 0.15) is 0 Å². The van der Waals surface area contributed by atoms with Crippen LogP contribution in [0.2, 0.25) is 0 Å². The minimum Gasteiger partial charge on any atom is -0.455 e. The molecular weight excluding hydrogens is 312 g/mol. The number of nitro benzene ring substituents is 1. The van der Waals surface area contributed by atoms with Crippen LogP contribution in [0.1, 0.15) is 0 Å². The molecule has 0 saturated heterocycles. The van der Waals surface area contributed by atoms with Gasteiger partial charge in [0.05, 0.1) is 17.3 Å². The van der Waals surface area contributed by atoms with Crippen molar-refractivity contribution in [3.63, 3.8) is 0 Å². The number of carbonyl (C=O) groups excluding carboxylic acids is 2. The molecular formula is C13H16N2O6S. The van der Waals surface area contributed by atoms with Crippen LogP contribution in [0.4, 0.5) is 5.69 Å². The second-order valence-electron chi connectivity index (χ2n) is 4.04. The van der Waals surface area contributed by atoms with Crippen molar-refractivity contribution in [3.8, 4) is 0 Å². The molecule has 0 aliphatic rings. The highest BCUT2D eigenvalue weighted by molar-refractivity contribution is 8.00. The largest absolute Gasteiger partial charge is 0.455 e. The molecule has 0 bridgehead atoms. The zero-order chi connectivity index (χ0) is 16.4. The van der Waals surface area contributed by atoms with Crippen LogP contribution in [0.15, 0.2) is 29.2 Å². The molecule has 0 aliphatic heterocycles. The van der Waals surface area contributed by atoms with Crippen molar-refractivity contribution < 1.29 is 24.0 Å². The Morgan fingerprint density at radius 1 is 1.32 bits per heavy atom. The van der Waals surface area contributed by atoms with Crippen LogP contribution in [-0.2, 0) is 19.1 Å². The Balaban J connectivity index is 2.25. The number of non-ortho nitro benzene ring substituents is 1. The van der Waals surface area contributed by atoms with E-state index in [0.717, 1.165) is 0 Å². The summed E-state index contributed by atoms with van der Waals surface area (Å²) < 4.78 is 9.56. The van der Waals surface area contributed by atoms with Crippen LogP contribution < -0.4 is 5.32 Å². The Bertz CT molecular complexity index is 520. The van der Waals surface area contributed by atoms with E-state index in [1.54, 1.807) is 12.1 Å². The summed E-state index contributed by atoms with van der Waals surface area (Å²) in [7, 11) is 1.52. The minimum absolute atomic E-state index is 0.0142. The molecule has 1 aromatic rings.